The largest absolute Gasteiger partial charge is 0.352 e. The standard InChI is InChI=1S/C16H16Cl2N2OS/c1-16(2,10-5-6-12(17)13(18)8-10)9-20-14(21)11-4-3-7-19-15(11)22/h3-8H,9H2,1-2H3,(H,19,22)(H,20,21). The van der Waals surface area contributed by atoms with Crippen LogP contribution in [0.15, 0.2) is 36.5 Å². The van der Waals surface area contributed by atoms with Gasteiger partial charge in [-0.15, -0.1) is 0 Å². The molecule has 2 rings (SSSR count). The fourth-order valence-electron chi connectivity index (χ4n) is 2.02. The Morgan fingerprint density at radius 3 is 2.64 bits per heavy atom. The third-order valence-corrected chi connectivity index (χ3v) is 4.53. The topological polar surface area (TPSA) is 44.9 Å². The van der Waals surface area contributed by atoms with Crippen molar-refractivity contribution in [2.24, 2.45) is 0 Å². The van der Waals surface area contributed by atoms with Gasteiger partial charge < -0.3 is 10.3 Å². The van der Waals surface area contributed by atoms with Crippen LogP contribution in [0, 0.1) is 4.64 Å². The lowest BCUT2D eigenvalue weighted by molar-refractivity contribution is 0.0945. The molecule has 0 aliphatic rings. The van der Waals surface area contributed by atoms with Crippen molar-refractivity contribution in [3.63, 3.8) is 0 Å². The minimum Gasteiger partial charge on any atom is -0.352 e. The van der Waals surface area contributed by atoms with Gasteiger partial charge in [-0.2, -0.15) is 0 Å². The number of carbonyl (C=O) groups is 1. The van der Waals surface area contributed by atoms with E-state index in [0.29, 0.717) is 26.8 Å². The highest BCUT2D eigenvalue weighted by Crippen LogP contribution is 2.29. The van der Waals surface area contributed by atoms with E-state index >= 15 is 0 Å². The number of halogens is 2. The maximum atomic E-state index is 12.2. The molecule has 0 aliphatic heterocycles. The summed E-state index contributed by atoms with van der Waals surface area (Å²) in [6, 6.07) is 8.94. The van der Waals surface area contributed by atoms with Gasteiger partial charge in [-0.3, -0.25) is 4.79 Å². The Balaban J connectivity index is 2.12. The summed E-state index contributed by atoms with van der Waals surface area (Å²) >= 11 is 17.1. The van der Waals surface area contributed by atoms with Crippen LogP contribution >= 0.6 is 35.4 Å². The molecule has 0 aliphatic carbocycles. The molecule has 1 amide bonds. The van der Waals surface area contributed by atoms with Crippen molar-refractivity contribution >= 4 is 41.3 Å². The summed E-state index contributed by atoms with van der Waals surface area (Å²) in [5, 5.41) is 3.93. The van der Waals surface area contributed by atoms with E-state index in [-0.39, 0.29) is 11.3 Å². The molecule has 0 fully saturated rings. The highest BCUT2D eigenvalue weighted by Gasteiger charge is 2.22. The van der Waals surface area contributed by atoms with Crippen LogP contribution in [0.25, 0.3) is 0 Å². The number of pyridine rings is 1. The minimum absolute atomic E-state index is 0.199. The van der Waals surface area contributed by atoms with Gasteiger partial charge >= 0.3 is 0 Å². The van der Waals surface area contributed by atoms with Gasteiger partial charge in [-0.1, -0.05) is 55.3 Å². The normalized spacial score (nSPS) is 11.3. The smallest absolute Gasteiger partial charge is 0.254 e. The van der Waals surface area contributed by atoms with Gasteiger partial charge in [0, 0.05) is 18.2 Å². The van der Waals surface area contributed by atoms with Gasteiger partial charge in [0.15, 0.2) is 0 Å². The number of hydrogen-bond donors (Lipinski definition) is 2. The molecule has 0 atom stereocenters. The lowest BCUT2D eigenvalue weighted by atomic mass is 9.84. The van der Waals surface area contributed by atoms with E-state index in [9.17, 15) is 4.79 Å². The van der Waals surface area contributed by atoms with Crippen molar-refractivity contribution in [2.45, 2.75) is 19.3 Å². The lowest BCUT2D eigenvalue weighted by Crippen LogP contribution is -2.36. The number of hydrogen-bond acceptors (Lipinski definition) is 2. The van der Waals surface area contributed by atoms with Crippen LogP contribution in [0.3, 0.4) is 0 Å². The van der Waals surface area contributed by atoms with Crippen LogP contribution in [-0.2, 0) is 5.41 Å². The van der Waals surface area contributed by atoms with E-state index < -0.39 is 0 Å². The van der Waals surface area contributed by atoms with Crippen LogP contribution in [0.2, 0.25) is 10.0 Å². The van der Waals surface area contributed by atoms with E-state index in [1.807, 2.05) is 26.0 Å². The van der Waals surface area contributed by atoms with Gasteiger partial charge in [0.2, 0.25) is 0 Å². The minimum atomic E-state index is -0.288. The average Bonchev–Trinajstić information content (AvgIpc) is 2.48. The highest BCUT2D eigenvalue weighted by atomic mass is 35.5. The molecule has 1 heterocycles. The fourth-order valence-corrected chi connectivity index (χ4v) is 2.54. The molecule has 3 nitrogen and oxygen atoms in total. The number of amides is 1. The van der Waals surface area contributed by atoms with Crippen LogP contribution in [0.5, 0.6) is 0 Å². The van der Waals surface area contributed by atoms with Crippen molar-refractivity contribution in [1.82, 2.24) is 10.3 Å². The van der Waals surface area contributed by atoms with E-state index in [1.54, 1.807) is 24.4 Å². The highest BCUT2D eigenvalue weighted by molar-refractivity contribution is 7.71. The summed E-state index contributed by atoms with van der Waals surface area (Å²) in [4.78, 5) is 15.1. The quantitative estimate of drug-likeness (QED) is 0.777. The van der Waals surface area contributed by atoms with Gasteiger partial charge in [-0.05, 0) is 29.8 Å². The maximum Gasteiger partial charge on any atom is 0.254 e. The van der Waals surface area contributed by atoms with Crippen LogP contribution < -0.4 is 5.32 Å². The van der Waals surface area contributed by atoms with Crippen molar-refractivity contribution < 1.29 is 4.79 Å². The van der Waals surface area contributed by atoms with Gasteiger partial charge in [0.05, 0.1) is 15.6 Å². The SMILES string of the molecule is CC(C)(CNC(=O)c1ccc[nH]c1=S)c1ccc(Cl)c(Cl)c1. The number of nitrogens with one attached hydrogen (secondary N) is 2. The zero-order chi connectivity index (χ0) is 16.3. The molecule has 0 unspecified atom stereocenters. The number of carbonyl (C=O) groups excluding carboxylic acids is 1. The predicted molar refractivity (Wildman–Crippen MR) is 93.4 cm³/mol. The number of H-pyrrole nitrogens is 1. The fraction of sp³-hybridized carbons (Fsp3) is 0.250. The zero-order valence-electron chi connectivity index (χ0n) is 12.2. The summed E-state index contributed by atoms with van der Waals surface area (Å²) in [6.45, 7) is 4.50. The van der Waals surface area contributed by atoms with Crippen molar-refractivity contribution in [3.8, 4) is 0 Å². The first-order valence-electron chi connectivity index (χ1n) is 6.73. The molecular weight excluding hydrogens is 339 g/mol. The van der Waals surface area contributed by atoms with Crippen LogP contribution in [-0.4, -0.2) is 17.4 Å². The van der Waals surface area contributed by atoms with Gasteiger partial charge in [-0.25, -0.2) is 0 Å². The molecule has 0 bridgehead atoms. The Morgan fingerprint density at radius 2 is 2.00 bits per heavy atom. The number of benzene rings is 1. The molecule has 22 heavy (non-hydrogen) atoms. The summed E-state index contributed by atoms with van der Waals surface area (Å²) in [5.41, 5.74) is 1.17. The Hall–Kier alpha value is -1.36. The monoisotopic (exact) mass is 354 g/mol. The second kappa shape index (κ2) is 6.82. The van der Waals surface area contributed by atoms with E-state index in [1.165, 1.54) is 0 Å². The Labute approximate surface area is 144 Å². The molecule has 116 valence electrons. The third-order valence-electron chi connectivity index (χ3n) is 3.45. The van der Waals surface area contributed by atoms with Crippen molar-refractivity contribution in [3.05, 3.63) is 62.3 Å². The van der Waals surface area contributed by atoms with Crippen molar-refractivity contribution in [1.29, 1.82) is 0 Å². The zero-order valence-corrected chi connectivity index (χ0v) is 14.6. The summed E-state index contributed by atoms with van der Waals surface area (Å²) in [5.74, 6) is -0.199. The molecule has 6 heteroatoms. The predicted octanol–water partition coefficient (Wildman–Crippen LogP) is 4.76. The molecule has 0 saturated carbocycles. The number of aromatic amines is 1. The summed E-state index contributed by atoms with van der Waals surface area (Å²) in [7, 11) is 0. The molecule has 2 N–H and O–H groups in total. The molecule has 1 aromatic carbocycles. The third kappa shape index (κ3) is 3.88. The Morgan fingerprint density at radius 1 is 1.27 bits per heavy atom. The second-order valence-corrected chi connectivity index (χ2v) is 6.83. The van der Waals surface area contributed by atoms with Gasteiger partial charge in [0.25, 0.3) is 5.91 Å². The molecule has 2 aromatic rings. The van der Waals surface area contributed by atoms with Gasteiger partial charge in [0.1, 0.15) is 4.64 Å². The van der Waals surface area contributed by atoms with Crippen LogP contribution in [0.4, 0.5) is 0 Å². The molecule has 0 saturated heterocycles. The maximum absolute atomic E-state index is 12.2. The average molecular weight is 355 g/mol. The first-order valence-corrected chi connectivity index (χ1v) is 7.89. The Kier molecular flexibility index (Phi) is 5.27. The molecule has 0 radical (unpaired) electrons. The van der Waals surface area contributed by atoms with Crippen molar-refractivity contribution in [2.75, 3.05) is 6.54 Å². The second-order valence-electron chi connectivity index (χ2n) is 5.61. The lowest BCUT2D eigenvalue weighted by Gasteiger charge is -2.26. The van der Waals surface area contributed by atoms with Crippen LogP contribution in [0.1, 0.15) is 29.8 Å². The summed E-state index contributed by atoms with van der Waals surface area (Å²) in [6.07, 6.45) is 1.69. The molecular formula is C16H16Cl2N2OS. The first-order chi connectivity index (χ1) is 10.3. The van der Waals surface area contributed by atoms with E-state index in [0.717, 1.165) is 5.56 Å². The van der Waals surface area contributed by atoms with E-state index in [2.05, 4.69) is 10.3 Å². The Bertz CT molecular complexity index is 756. The molecule has 0 spiro atoms. The number of rotatable bonds is 4. The van der Waals surface area contributed by atoms with E-state index in [4.69, 9.17) is 35.4 Å². The molecule has 1 aromatic heterocycles. The number of aromatic nitrogens is 1. The summed E-state index contributed by atoms with van der Waals surface area (Å²) < 4.78 is 0.423. The first kappa shape index (κ1) is 17.0.